The smallest absolute Gasteiger partial charge is 0.222 e. The van der Waals surface area contributed by atoms with Crippen molar-refractivity contribution < 1.29 is 13.9 Å². The third kappa shape index (κ3) is 4.55. The molecule has 3 rings (SSSR count). The van der Waals surface area contributed by atoms with Crippen LogP contribution in [0.1, 0.15) is 24.1 Å². The van der Waals surface area contributed by atoms with Crippen LogP contribution in [-0.4, -0.2) is 30.0 Å². The largest absolute Gasteiger partial charge is 0.490 e. The van der Waals surface area contributed by atoms with E-state index in [2.05, 4.69) is 6.07 Å². The van der Waals surface area contributed by atoms with E-state index in [1.54, 1.807) is 23.5 Å². The lowest BCUT2D eigenvalue weighted by atomic mass is 10.1. The number of carbonyl (C=O) groups excluding carboxylic acids is 1. The number of amides is 1. The Bertz CT molecular complexity index is 619. The first-order chi connectivity index (χ1) is 11.2. The van der Waals surface area contributed by atoms with Gasteiger partial charge in [0.25, 0.3) is 0 Å². The molecule has 23 heavy (non-hydrogen) atoms. The molecule has 0 bridgehead atoms. The van der Waals surface area contributed by atoms with E-state index in [1.165, 1.54) is 17.0 Å². The van der Waals surface area contributed by atoms with Gasteiger partial charge in [0.05, 0.1) is 0 Å². The molecular formula is C18H20FNO2S. The second-order valence-electron chi connectivity index (χ2n) is 5.73. The second-order valence-corrected chi connectivity index (χ2v) is 6.76. The lowest BCUT2D eigenvalue weighted by Gasteiger charge is -2.32. The third-order valence-electron chi connectivity index (χ3n) is 4.08. The van der Waals surface area contributed by atoms with Crippen LogP contribution < -0.4 is 4.74 Å². The summed E-state index contributed by atoms with van der Waals surface area (Å²) in [4.78, 5) is 15.4. The highest BCUT2D eigenvalue weighted by Crippen LogP contribution is 2.20. The van der Waals surface area contributed by atoms with E-state index >= 15 is 0 Å². The Labute approximate surface area is 139 Å². The van der Waals surface area contributed by atoms with Crippen LogP contribution >= 0.6 is 11.3 Å². The molecular weight excluding hydrogens is 313 g/mol. The highest BCUT2D eigenvalue weighted by Gasteiger charge is 2.23. The summed E-state index contributed by atoms with van der Waals surface area (Å²) in [6, 6.07) is 10.2. The first-order valence-corrected chi connectivity index (χ1v) is 8.81. The van der Waals surface area contributed by atoms with Gasteiger partial charge in [-0.15, -0.1) is 11.3 Å². The van der Waals surface area contributed by atoms with Crippen molar-refractivity contribution in [3.63, 3.8) is 0 Å². The monoisotopic (exact) mass is 333 g/mol. The molecule has 0 saturated carbocycles. The molecule has 1 amide bonds. The Morgan fingerprint density at radius 1 is 1.22 bits per heavy atom. The minimum Gasteiger partial charge on any atom is -0.490 e. The van der Waals surface area contributed by atoms with Gasteiger partial charge in [0.2, 0.25) is 5.91 Å². The highest BCUT2D eigenvalue weighted by atomic mass is 32.1. The van der Waals surface area contributed by atoms with Gasteiger partial charge in [-0.1, -0.05) is 6.07 Å². The van der Waals surface area contributed by atoms with Gasteiger partial charge in [-0.05, 0) is 42.1 Å². The molecule has 1 fully saturated rings. The number of likely N-dealkylation sites (tertiary alicyclic amines) is 1. The van der Waals surface area contributed by atoms with Crippen LogP contribution in [0.25, 0.3) is 0 Å². The Morgan fingerprint density at radius 3 is 2.61 bits per heavy atom. The predicted octanol–water partition coefficient (Wildman–Crippen LogP) is 3.89. The molecule has 0 spiro atoms. The summed E-state index contributed by atoms with van der Waals surface area (Å²) in [5.74, 6) is 0.649. The summed E-state index contributed by atoms with van der Waals surface area (Å²) in [5.41, 5.74) is 0. The van der Waals surface area contributed by atoms with Crippen LogP contribution in [-0.2, 0) is 11.2 Å². The number of rotatable bonds is 5. The van der Waals surface area contributed by atoms with Crippen LogP contribution in [0, 0.1) is 5.82 Å². The SMILES string of the molecule is O=C(CCc1cccs1)N1CCC(Oc2ccc(F)cc2)CC1. The molecule has 1 aliphatic rings. The summed E-state index contributed by atoms with van der Waals surface area (Å²) in [6.45, 7) is 1.46. The summed E-state index contributed by atoms with van der Waals surface area (Å²) in [7, 11) is 0. The van der Waals surface area contributed by atoms with Gasteiger partial charge in [-0.25, -0.2) is 4.39 Å². The minimum absolute atomic E-state index is 0.0989. The van der Waals surface area contributed by atoms with Crippen molar-refractivity contribution in [1.29, 1.82) is 0 Å². The number of hydrogen-bond acceptors (Lipinski definition) is 3. The number of benzene rings is 1. The van der Waals surface area contributed by atoms with Crippen LogP contribution in [0.5, 0.6) is 5.75 Å². The Hall–Kier alpha value is -1.88. The molecule has 1 aromatic heterocycles. The highest BCUT2D eigenvalue weighted by molar-refractivity contribution is 7.09. The van der Waals surface area contributed by atoms with Gasteiger partial charge < -0.3 is 9.64 Å². The number of halogens is 1. The van der Waals surface area contributed by atoms with E-state index in [9.17, 15) is 9.18 Å². The molecule has 1 saturated heterocycles. The first kappa shape index (κ1) is 16.0. The molecule has 0 N–H and O–H groups in total. The molecule has 5 heteroatoms. The minimum atomic E-state index is -0.261. The van der Waals surface area contributed by atoms with Crippen molar-refractivity contribution in [1.82, 2.24) is 4.90 Å². The predicted molar refractivity (Wildman–Crippen MR) is 89.3 cm³/mol. The molecule has 2 aromatic rings. The van der Waals surface area contributed by atoms with Crippen LogP contribution in [0.3, 0.4) is 0 Å². The summed E-state index contributed by atoms with van der Waals surface area (Å²) in [6.07, 6.45) is 3.14. The normalized spacial score (nSPS) is 15.6. The zero-order valence-electron chi connectivity index (χ0n) is 12.9. The number of aryl methyl sites for hydroxylation is 1. The number of hydrogen-bond donors (Lipinski definition) is 0. The van der Waals surface area contributed by atoms with Crippen LogP contribution in [0.2, 0.25) is 0 Å². The maximum atomic E-state index is 12.9. The fourth-order valence-electron chi connectivity index (χ4n) is 2.77. The Morgan fingerprint density at radius 2 is 1.96 bits per heavy atom. The molecule has 122 valence electrons. The van der Waals surface area contributed by atoms with E-state index in [0.717, 1.165) is 32.4 Å². The number of piperidine rings is 1. The number of carbonyl (C=O) groups is 1. The number of ether oxygens (including phenoxy) is 1. The maximum Gasteiger partial charge on any atom is 0.222 e. The topological polar surface area (TPSA) is 29.5 Å². The molecule has 2 heterocycles. The zero-order chi connectivity index (χ0) is 16.1. The van der Waals surface area contributed by atoms with Gasteiger partial charge in [0.15, 0.2) is 0 Å². The van der Waals surface area contributed by atoms with Crippen molar-refractivity contribution in [3.05, 3.63) is 52.5 Å². The first-order valence-electron chi connectivity index (χ1n) is 7.93. The molecule has 0 unspecified atom stereocenters. The fourth-order valence-corrected chi connectivity index (χ4v) is 3.48. The van der Waals surface area contributed by atoms with Crippen molar-refractivity contribution >= 4 is 17.2 Å². The van der Waals surface area contributed by atoms with E-state index in [4.69, 9.17) is 4.74 Å². The molecule has 0 atom stereocenters. The van der Waals surface area contributed by atoms with Crippen molar-refractivity contribution in [3.8, 4) is 5.75 Å². The lowest BCUT2D eigenvalue weighted by molar-refractivity contribution is -0.132. The van der Waals surface area contributed by atoms with Gasteiger partial charge in [0.1, 0.15) is 17.7 Å². The molecule has 0 aliphatic carbocycles. The van der Waals surface area contributed by atoms with Gasteiger partial charge in [-0.2, -0.15) is 0 Å². The lowest BCUT2D eigenvalue weighted by Crippen LogP contribution is -2.41. The Kier molecular flexibility index (Phi) is 5.28. The number of nitrogens with zero attached hydrogens (tertiary/aromatic N) is 1. The molecule has 3 nitrogen and oxygen atoms in total. The summed E-state index contributed by atoms with van der Waals surface area (Å²) >= 11 is 1.70. The van der Waals surface area contributed by atoms with Crippen molar-refractivity contribution in [2.24, 2.45) is 0 Å². The van der Waals surface area contributed by atoms with Crippen LogP contribution in [0.4, 0.5) is 4.39 Å². The summed E-state index contributed by atoms with van der Waals surface area (Å²) in [5, 5.41) is 2.04. The van der Waals surface area contributed by atoms with E-state index in [1.807, 2.05) is 16.3 Å². The summed E-state index contributed by atoms with van der Waals surface area (Å²) < 4.78 is 18.7. The zero-order valence-corrected chi connectivity index (χ0v) is 13.7. The van der Waals surface area contributed by atoms with E-state index < -0.39 is 0 Å². The standard InChI is InChI=1S/C18H20FNO2S/c19-14-3-5-15(6-4-14)22-16-9-11-20(12-10-16)18(21)8-7-17-2-1-13-23-17/h1-6,13,16H,7-12H2. The van der Waals surface area contributed by atoms with Crippen LogP contribution in [0.15, 0.2) is 41.8 Å². The third-order valence-corrected chi connectivity index (χ3v) is 5.01. The van der Waals surface area contributed by atoms with Crippen molar-refractivity contribution in [2.75, 3.05) is 13.1 Å². The van der Waals surface area contributed by atoms with E-state index in [0.29, 0.717) is 12.2 Å². The maximum absolute atomic E-state index is 12.9. The van der Waals surface area contributed by atoms with E-state index in [-0.39, 0.29) is 17.8 Å². The molecule has 1 aliphatic heterocycles. The van der Waals surface area contributed by atoms with Crippen molar-refractivity contribution in [2.45, 2.75) is 31.8 Å². The van der Waals surface area contributed by atoms with Gasteiger partial charge in [0, 0.05) is 37.2 Å². The quantitative estimate of drug-likeness (QED) is 0.831. The molecule has 0 radical (unpaired) electrons. The average Bonchev–Trinajstić information content (AvgIpc) is 3.09. The fraction of sp³-hybridized carbons (Fsp3) is 0.389. The van der Waals surface area contributed by atoms with Gasteiger partial charge >= 0.3 is 0 Å². The Balaban J connectivity index is 1.42. The van der Waals surface area contributed by atoms with Gasteiger partial charge in [-0.3, -0.25) is 4.79 Å². The average molecular weight is 333 g/mol. The second kappa shape index (κ2) is 7.59. The number of thiophene rings is 1. The molecule has 1 aromatic carbocycles.